The number of ether oxygens (including phenoxy) is 2. The third-order valence-electron chi connectivity index (χ3n) is 0.757. The van der Waals surface area contributed by atoms with Crippen LogP contribution in [-0.4, -0.2) is 19.8 Å². The average molecular weight is 222 g/mol. The molecule has 0 aliphatic rings. The molecule has 1 radical (unpaired) electrons. The molecule has 0 aromatic heterocycles. The predicted octanol–water partition coefficient (Wildman–Crippen LogP) is 1.85. The van der Waals surface area contributed by atoms with Crippen LogP contribution in [0.15, 0.2) is 0 Å². The molecule has 61 valence electrons. The Morgan fingerprint density at radius 3 is 2.30 bits per heavy atom. The predicted molar refractivity (Wildman–Crippen MR) is 39.1 cm³/mol. The van der Waals surface area contributed by atoms with Crippen molar-refractivity contribution >= 4 is 0 Å². The zero-order valence-corrected chi connectivity index (χ0v) is 9.09. The number of hydrogen-bond acceptors (Lipinski definition) is 2. The van der Waals surface area contributed by atoms with Gasteiger partial charge < -0.3 is 9.47 Å². The van der Waals surface area contributed by atoms with Crippen LogP contribution in [-0.2, 0) is 42.2 Å². The Hall–Kier alpha value is 1.02. The molecule has 0 N–H and O–H groups in total. The maximum Gasteiger partial charge on any atom is 0.0406 e. The fraction of sp³-hybridized carbons (Fsp3) is 0.857. The Balaban J connectivity index is -0.000000245. The van der Waals surface area contributed by atoms with Crippen molar-refractivity contribution in [1.29, 1.82) is 0 Å². The molecular weight excluding hydrogens is 205 g/mol. The molecule has 10 heavy (non-hydrogen) atoms. The molecule has 0 aliphatic heterocycles. The van der Waals surface area contributed by atoms with Crippen LogP contribution in [0.5, 0.6) is 0 Å². The van der Waals surface area contributed by atoms with Crippen molar-refractivity contribution < 1.29 is 42.2 Å². The van der Waals surface area contributed by atoms with Gasteiger partial charge in [0.25, 0.3) is 0 Å². The van der Waals surface area contributed by atoms with Crippen LogP contribution >= 0.6 is 0 Å². The van der Waals surface area contributed by atoms with E-state index < -0.39 is 0 Å². The van der Waals surface area contributed by atoms with Gasteiger partial charge in [0.2, 0.25) is 0 Å². The Morgan fingerprint density at radius 2 is 2.00 bits per heavy atom. The van der Waals surface area contributed by atoms with Crippen LogP contribution in [0, 0.1) is 6.61 Å². The molecule has 0 fully saturated rings. The summed E-state index contributed by atoms with van der Waals surface area (Å²) >= 11 is 0. The van der Waals surface area contributed by atoms with Crippen molar-refractivity contribution in [3.63, 3.8) is 0 Å². The summed E-state index contributed by atoms with van der Waals surface area (Å²) in [7, 11) is 1.62. The van der Waals surface area contributed by atoms with Crippen LogP contribution in [0.3, 0.4) is 0 Å². The van der Waals surface area contributed by atoms with Gasteiger partial charge >= 0.3 is 0 Å². The van der Waals surface area contributed by atoms with Crippen molar-refractivity contribution in [3.8, 4) is 0 Å². The maximum atomic E-state index is 5.10. The Bertz CT molecular complexity index is 44.9. The minimum atomic E-state index is 0. The molecule has 0 heterocycles. The number of methoxy groups -OCH3 is 1. The summed E-state index contributed by atoms with van der Waals surface area (Å²) in [6, 6.07) is 0. The van der Waals surface area contributed by atoms with E-state index in [1.807, 2.05) is 13.8 Å². The minimum Gasteiger partial charge on any atom is -0.552 e. The minimum absolute atomic E-state index is 0. The molecule has 1 atom stereocenters. The maximum absolute atomic E-state index is 5.10. The molecule has 0 aromatic carbocycles. The van der Waals surface area contributed by atoms with E-state index in [1.165, 1.54) is 0 Å². The third kappa shape index (κ3) is 11.8. The van der Waals surface area contributed by atoms with Crippen LogP contribution in [0.2, 0.25) is 0 Å². The standard InChI is InChI=1S/C6H13O2.CH4.Y/c1-4-8-6(2)5-7-3;;/h5-6H,4H2,1-3H3;1H4;/q-1;;. The fourth-order valence-corrected chi connectivity index (χ4v) is 0.494. The van der Waals surface area contributed by atoms with Gasteiger partial charge in [0.1, 0.15) is 0 Å². The van der Waals surface area contributed by atoms with Crippen LogP contribution in [0.4, 0.5) is 0 Å². The molecule has 0 rings (SSSR count). The molecule has 0 saturated carbocycles. The van der Waals surface area contributed by atoms with E-state index in [1.54, 1.807) is 13.7 Å². The Labute approximate surface area is 89.5 Å². The largest absolute Gasteiger partial charge is 0.552 e. The first-order valence-corrected chi connectivity index (χ1v) is 2.79. The fourth-order valence-electron chi connectivity index (χ4n) is 0.494. The first-order chi connectivity index (χ1) is 3.81. The summed E-state index contributed by atoms with van der Waals surface area (Å²) in [5.41, 5.74) is 0. The summed E-state index contributed by atoms with van der Waals surface area (Å²) in [5, 5.41) is 0. The van der Waals surface area contributed by atoms with Gasteiger partial charge in [0, 0.05) is 39.3 Å². The topological polar surface area (TPSA) is 18.5 Å². The van der Waals surface area contributed by atoms with E-state index in [9.17, 15) is 0 Å². The third-order valence-corrected chi connectivity index (χ3v) is 0.757. The van der Waals surface area contributed by atoms with Crippen molar-refractivity contribution in [3.05, 3.63) is 6.61 Å². The van der Waals surface area contributed by atoms with E-state index in [-0.39, 0.29) is 46.2 Å². The second kappa shape index (κ2) is 12.7. The van der Waals surface area contributed by atoms with Crippen LogP contribution < -0.4 is 0 Å². The molecule has 0 aliphatic carbocycles. The van der Waals surface area contributed by atoms with Crippen molar-refractivity contribution in [2.75, 3.05) is 13.7 Å². The number of hydrogen-bond donors (Lipinski definition) is 0. The molecule has 2 nitrogen and oxygen atoms in total. The molecule has 3 heteroatoms. The Kier molecular flexibility index (Phi) is 21.8. The molecular formula is C7H17O2Y-. The quantitative estimate of drug-likeness (QED) is 0.676. The SMILES string of the molecule is C.CCOC(C)[CH-]OC.[Y]. The molecule has 0 amide bonds. The zero-order valence-electron chi connectivity index (χ0n) is 6.26. The van der Waals surface area contributed by atoms with Crippen molar-refractivity contribution in [1.82, 2.24) is 0 Å². The number of rotatable bonds is 4. The van der Waals surface area contributed by atoms with Gasteiger partial charge in [-0.2, -0.15) is 6.61 Å². The second-order valence-electron chi connectivity index (χ2n) is 1.53. The molecule has 1 unspecified atom stereocenters. The van der Waals surface area contributed by atoms with E-state index in [0.717, 1.165) is 6.61 Å². The molecule has 0 bridgehead atoms. The summed E-state index contributed by atoms with van der Waals surface area (Å²) in [4.78, 5) is 0. The van der Waals surface area contributed by atoms with Crippen molar-refractivity contribution in [2.45, 2.75) is 27.4 Å². The summed E-state index contributed by atoms with van der Waals surface area (Å²) in [6.45, 7) is 6.29. The smallest absolute Gasteiger partial charge is 0.0406 e. The molecule has 0 aromatic rings. The van der Waals surface area contributed by atoms with Gasteiger partial charge in [-0.15, -0.1) is 0 Å². The normalized spacial score (nSPS) is 11.1. The van der Waals surface area contributed by atoms with Gasteiger partial charge in [-0.25, -0.2) is 0 Å². The monoisotopic (exact) mass is 222 g/mol. The first-order valence-electron chi connectivity index (χ1n) is 2.79. The van der Waals surface area contributed by atoms with Gasteiger partial charge in [0.05, 0.1) is 0 Å². The average Bonchev–Trinajstić information content (AvgIpc) is 1.68. The summed E-state index contributed by atoms with van der Waals surface area (Å²) in [6.07, 6.45) is 0.116. The van der Waals surface area contributed by atoms with E-state index in [4.69, 9.17) is 9.47 Å². The Morgan fingerprint density at radius 1 is 1.50 bits per heavy atom. The van der Waals surface area contributed by atoms with Gasteiger partial charge in [-0.1, -0.05) is 14.4 Å². The van der Waals surface area contributed by atoms with E-state index in [2.05, 4.69) is 0 Å². The molecule has 0 saturated heterocycles. The van der Waals surface area contributed by atoms with Gasteiger partial charge in [-0.05, 0) is 20.1 Å². The van der Waals surface area contributed by atoms with Gasteiger partial charge in [0.15, 0.2) is 0 Å². The summed E-state index contributed by atoms with van der Waals surface area (Å²) < 4.78 is 9.81. The molecule has 0 spiro atoms. The van der Waals surface area contributed by atoms with E-state index in [0.29, 0.717) is 0 Å². The first kappa shape index (κ1) is 17.2. The van der Waals surface area contributed by atoms with E-state index >= 15 is 0 Å². The van der Waals surface area contributed by atoms with Crippen LogP contribution in [0.25, 0.3) is 0 Å². The summed E-state index contributed by atoms with van der Waals surface area (Å²) in [5.74, 6) is 0. The van der Waals surface area contributed by atoms with Gasteiger partial charge in [-0.3, -0.25) is 0 Å². The second-order valence-corrected chi connectivity index (χ2v) is 1.53. The van der Waals surface area contributed by atoms with Crippen molar-refractivity contribution in [2.24, 2.45) is 0 Å². The van der Waals surface area contributed by atoms with Crippen LogP contribution in [0.1, 0.15) is 21.3 Å². The zero-order chi connectivity index (χ0) is 6.41.